The molecule has 3 aliphatic rings. The number of hydrogen-bond donors (Lipinski definition) is 1. The van der Waals surface area contributed by atoms with Gasteiger partial charge in [0.15, 0.2) is 11.5 Å². The van der Waals surface area contributed by atoms with Crippen molar-refractivity contribution in [3.8, 4) is 11.5 Å². The lowest BCUT2D eigenvalue weighted by molar-refractivity contribution is 0.171. The van der Waals surface area contributed by atoms with Crippen LogP contribution in [-0.4, -0.2) is 57.4 Å². The minimum Gasteiger partial charge on any atom is -0.486 e. The largest absolute Gasteiger partial charge is 0.486 e. The van der Waals surface area contributed by atoms with E-state index in [0.717, 1.165) is 49.2 Å². The molecule has 1 saturated heterocycles. The standard InChI is InChI=1S/C24H30ClN3O2/c25-19-7-8-21-20(16-19)18(17-26-21)4-1-2-9-27-10-12-28(13-11-27)22-5-3-6-23-24(22)30-15-14-29-23/h3,5-8,16,18,26H,1-2,4,9-15,17H2. The fraction of sp³-hybridized carbons (Fsp3) is 0.500. The van der Waals surface area contributed by atoms with E-state index in [2.05, 4.69) is 39.4 Å². The Hall–Kier alpha value is -2.11. The Labute approximate surface area is 183 Å². The number of ether oxygens (including phenoxy) is 2. The van der Waals surface area contributed by atoms with Crippen molar-refractivity contribution in [3.05, 3.63) is 47.0 Å². The first kappa shape index (κ1) is 19.8. The van der Waals surface area contributed by atoms with Crippen LogP contribution < -0.4 is 19.7 Å². The molecule has 3 heterocycles. The zero-order chi connectivity index (χ0) is 20.3. The van der Waals surface area contributed by atoms with Gasteiger partial charge >= 0.3 is 0 Å². The third-order valence-corrected chi connectivity index (χ3v) is 6.76. The topological polar surface area (TPSA) is 37.0 Å². The van der Waals surface area contributed by atoms with Gasteiger partial charge in [-0.15, -0.1) is 0 Å². The second-order valence-corrected chi connectivity index (χ2v) is 8.87. The van der Waals surface area contributed by atoms with E-state index in [0.29, 0.717) is 19.1 Å². The van der Waals surface area contributed by atoms with E-state index in [9.17, 15) is 0 Å². The van der Waals surface area contributed by atoms with Crippen LogP contribution in [0.5, 0.6) is 11.5 Å². The molecule has 6 heteroatoms. The van der Waals surface area contributed by atoms with Gasteiger partial charge < -0.3 is 19.7 Å². The smallest absolute Gasteiger partial charge is 0.184 e. The van der Waals surface area contributed by atoms with Crippen LogP contribution in [0.3, 0.4) is 0 Å². The first-order chi connectivity index (χ1) is 14.8. The molecule has 0 radical (unpaired) electrons. The number of fused-ring (bicyclic) bond motifs is 2. The zero-order valence-corrected chi connectivity index (χ0v) is 18.2. The Morgan fingerprint density at radius 1 is 1.00 bits per heavy atom. The molecule has 0 amide bonds. The summed E-state index contributed by atoms with van der Waals surface area (Å²) in [6.45, 7) is 7.79. The second-order valence-electron chi connectivity index (χ2n) is 8.44. The molecule has 160 valence electrons. The Morgan fingerprint density at radius 3 is 2.77 bits per heavy atom. The molecule has 1 N–H and O–H groups in total. The zero-order valence-electron chi connectivity index (χ0n) is 17.4. The van der Waals surface area contributed by atoms with Gasteiger partial charge in [0.2, 0.25) is 0 Å². The first-order valence-electron chi connectivity index (χ1n) is 11.2. The van der Waals surface area contributed by atoms with Gasteiger partial charge in [0.25, 0.3) is 0 Å². The highest BCUT2D eigenvalue weighted by molar-refractivity contribution is 6.30. The van der Waals surface area contributed by atoms with Crippen LogP contribution in [-0.2, 0) is 0 Å². The van der Waals surface area contributed by atoms with Crippen molar-refractivity contribution in [2.24, 2.45) is 0 Å². The third-order valence-electron chi connectivity index (χ3n) is 6.53. The molecular formula is C24H30ClN3O2. The Kier molecular flexibility index (Phi) is 5.91. The summed E-state index contributed by atoms with van der Waals surface area (Å²) in [7, 11) is 0. The molecule has 5 rings (SSSR count). The van der Waals surface area contributed by atoms with Crippen molar-refractivity contribution in [2.75, 3.05) is 62.7 Å². The predicted molar refractivity (Wildman–Crippen MR) is 123 cm³/mol. The SMILES string of the molecule is Clc1ccc2c(c1)C(CCCCN1CCN(c3cccc4c3OCCO4)CC1)CN2. The molecule has 2 aromatic carbocycles. The minimum atomic E-state index is 0.599. The van der Waals surface area contributed by atoms with Crippen molar-refractivity contribution >= 4 is 23.0 Å². The van der Waals surface area contributed by atoms with E-state index in [1.807, 2.05) is 12.1 Å². The van der Waals surface area contributed by atoms with E-state index in [-0.39, 0.29) is 0 Å². The molecule has 0 aromatic heterocycles. The molecule has 2 aromatic rings. The predicted octanol–water partition coefficient (Wildman–Crippen LogP) is 4.61. The average Bonchev–Trinajstić information content (AvgIpc) is 3.19. The molecule has 3 aliphatic heterocycles. The second kappa shape index (κ2) is 8.94. The number of anilines is 2. The quantitative estimate of drug-likeness (QED) is 0.681. The summed E-state index contributed by atoms with van der Waals surface area (Å²) >= 11 is 6.19. The molecule has 1 fully saturated rings. The number of hydrogen-bond acceptors (Lipinski definition) is 5. The maximum atomic E-state index is 6.19. The lowest BCUT2D eigenvalue weighted by Gasteiger charge is -2.37. The van der Waals surface area contributed by atoms with E-state index in [1.165, 1.54) is 42.7 Å². The van der Waals surface area contributed by atoms with Gasteiger partial charge in [0, 0.05) is 49.4 Å². The monoisotopic (exact) mass is 427 g/mol. The maximum Gasteiger partial charge on any atom is 0.184 e. The van der Waals surface area contributed by atoms with Gasteiger partial charge in [0.1, 0.15) is 13.2 Å². The molecule has 0 saturated carbocycles. The summed E-state index contributed by atoms with van der Waals surface area (Å²) in [4.78, 5) is 5.04. The fourth-order valence-corrected chi connectivity index (χ4v) is 5.06. The Balaban J connectivity index is 1.07. The molecule has 0 bridgehead atoms. The number of nitrogens with zero attached hydrogens (tertiary/aromatic N) is 2. The van der Waals surface area contributed by atoms with Crippen LogP contribution in [0.1, 0.15) is 30.7 Å². The van der Waals surface area contributed by atoms with Crippen molar-refractivity contribution in [3.63, 3.8) is 0 Å². The van der Waals surface area contributed by atoms with Crippen molar-refractivity contribution in [1.29, 1.82) is 0 Å². The van der Waals surface area contributed by atoms with Crippen molar-refractivity contribution in [2.45, 2.75) is 25.2 Å². The van der Waals surface area contributed by atoms with Crippen LogP contribution in [0.25, 0.3) is 0 Å². The van der Waals surface area contributed by atoms with Crippen LogP contribution in [0.15, 0.2) is 36.4 Å². The normalized spacial score (nSPS) is 20.7. The highest BCUT2D eigenvalue weighted by Crippen LogP contribution is 2.40. The lowest BCUT2D eigenvalue weighted by Crippen LogP contribution is -2.46. The molecule has 1 atom stereocenters. The number of rotatable bonds is 6. The van der Waals surface area contributed by atoms with Gasteiger partial charge in [-0.2, -0.15) is 0 Å². The number of piperazine rings is 1. The minimum absolute atomic E-state index is 0.599. The molecule has 30 heavy (non-hydrogen) atoms. The van der Waals surface area contributed by atoms with Crippen molar-refractivity contribution < 1.29 is 9.47 Å². The van der Waals surface area contributed by atoms with E-state index >= 15 is 0 Å². The highest BCUT2D eigenvalue weighted by Gasteiger charge is 2.24. The molecule has 5 nitrogen and oxygen atoms in total. The third kappa shape index (κ3) is 4.19. The molecule has 0 aliphatic carbocycles. The molecule has 1 unspecified atom stereocenters. The van der Waals surface area contributed by atoms with Crippen LogP contribution in [0, 0.1) is 0 Å². The summed E-state index contributed by atoms with van der Waals surface area (Å²) in [5, 5.41) is 4.36. The van der Waals surface area contributed by atoms with Gasteiger partial charge in [-0.1, -0.05) is 24.1 Å². The fourth-order valence-electron chi connectivity index (χ4n) is 4.88. The van der Waals surface area contributed by atoms with Gasteiger partial charge in [-0.05, 0) is 55.3 Å². The highest BCUT2D eigenvalue weighted by atomic mass is 35.5. The number of halogens is 1. The summed E-state index contributed by atoms with van der Waals surface area (Å²) < 4.78 is 11.6. The molecule has 0 spiro atoms. The van der Waals surface area contributed by atoms with E-state index in [1.54, 1.807) is 0 Å². The van der Waals surface area contributed by atoms with Gasteiger partial charge in [0.05, 0.1) is 5.69 Å². The summed E-state index contributed by atoms with van der Waals surface area (Å²) in [5.41, 5.74) is 3.84. The number of unbranched alkanes of at least 4 members (excludes halogenated alkanes) is 1. The number of nitrogens with one attached hydrogen (secondary N) is 1. The van der Waals surface area contributed by atoms with Crippen LogP contribution >= 0.6 is 11.6 Å². The average molecular weight is 428 g/mol. The van der Waals surface area contributed by atoms with E-state index < -0.39 is 0 Å². The first-order valence-corrected chi connectivity index (χ1v) is 11.5. The Morgan fingerprint density at radius 2 is 1.87 bits per heavy atom. The van der Waals surface area contributed by atoms with Crippen LogP contribution in [0.2, 0.25) is 5.02 Å². The summed E-state index contributed by atoms with van der Waals surface area (Å²) in [6, 6.07) is 12.4. The lowest BCUT2D eigenvalue weighted by atomic mass is 9.95. The van der Waals surface area contributed by atoms with Crippen molar-refractivity contribution in [1.82, 2.24) is 4.90 Å². The Bertz CT molecular complexity index is 883. The summed E-state index contributed by atoms with van der Waals surface area (Å²) in [6.07, 6.45) is 3.74. The van der Waals surface area contributed by atoms with Crippen LogP contribution in [0.4, 0.5) is 11.4 Å². The number of para-hydroxylation sites is 1. The molecular weight excluding hydrogens is 398 g/mol. The maximum absolute atomic E-state index is 6.19. The van der Waals surface area contributed by atoms with Gasteiger partial charge in [-0.25, -0.2) is 0 Å². The van der Waals surface area contributed by atoms with Gasteiger partial charge in [-0.3, -0.25) is 4.90 Å². The van der Waals surface area contributed by atoms with E-state index in [4.69, 9.17) is 21.1 Å². The number of benzene rings is 2. The summed E-state index contributed by atoms with van der Waals surface area (Å²) in [5.74, 6) is 2.40.